The zero-order valence-corrected chi connectivity index (χ0v) is 23.7. The molecule has 0 aliphatic carbocycles. The summed E-state index contributed by atoms with van der Waals surface area (Å²) < 4.78 is 45.4. The molecular formula is C26H30Cl2N2O7S. The van der Waals surface area contributed by atoms with Crippen LogP contribution in [0.25, 0.3) is 0 Å². The molecule has 1 amide bonds. The molecule has 0 aromatic heterocycles. The van der Waals surface area contributed by atoms with Gasteiger partial charge in [0.2, 0.25) is 15.9 Å². The summed E-state index contributed by atoms with van der Waals surface area (Å²) in [5.74, 6) is 0.361. The van der Waals surface area contributed by atoms with Gasteiger partial charge in [0.05, 0.1) is 31.6 Å². The maximum Gasteiger partial charge on any atom is 0.244 e. The van der Waals surface area contributed by atoms with E-state index in [1.807, 2.05) is 0 Å². The number of sulfonamides is 1. The number of hydrogen-bond acceptors (Lipinski definition) is 7. The second kappa shape index (κ2) is 11.7. The average molecular weight is 586 g/mol. The van der Waals surface area contributed by atoms with Crippen molar-refractivity contribution in [3.05, 3.63) is 46.4 Å². The third-order valence-corrected chi connectivity index (χ3v) is 9.36. The largest absolute Gasteiger partial charge is 0.493 e. The van der Waals surface area contributed by atoms with Gasteiger partial charge in [0.15, 0.2) is 11.5 Å². The Labute approximate surface area is 232 Å². The van der Waals surface area contributed by atoms with E-state index in [0.717, 1.165) is 0 Å². The highest BCUT2D eigenvalue weighted by Gasteiger charge is 2.51. The van der Waals surface area contributed by atoms with Gasteiger partial charge in [-0.2, -0.15) is 4.31 Å². The van der Waals surface area contributed by atoms with Crippen LogP contribution in [0.3, 0.4) is 0 Å². The monoisotopic (exact) mass is 584 g/mol. The number of piperidine rings is 1. The first kappa shape index (κ1) is 28.5. The number of fused-ring (bicyclic) bond motifs is 2. The van der Waals surface area contributed by atoms with Crippen LogP contribution in [-0.2, 0) is 19.6 Å². The zero-order chi connectivity index (χ0) is 27.6. The molecule has 0 spiro atoms. The summed E-state index contributed by atoms with van der Waals surface area (Å²) >= 11 is 12.2. The van der Waals surface area contributed by atoms with E-state index < -0.39 is 28.0 Å². The number of rotatable bonds is 9. The van der Waals surface area contributed by atoms with Crippen LogP contribution in [0.5, 0.6) is 17.2 Å². The van der Waals surface area contributed by atoms with Crippen LogP contribution in [0.1, 0.15) is 26.2 Å². The number of amides is 1. The lowest BCUT2D eigenvalue weighted by Gasteiger charge is -2.40. The van der Waals surface area contributed by atoms with Crippen molar-refractivity contribution in [2.75, 3.05) is 33.9 Å². The lowest BCUT2D eigenvalue weighted by atomic mass is 9.88. The summed E-state index contributed by atoms with van der Waals surface area (Å²) in [6.45, 7) is 1.85. The summed E-state index contributed by atoms with van der Waals surface area (Å²) in [6.07, 6.45) is 1.45. The summed E-state index contributed by atoms with van der Waals surface area (Å²) in [7, 11) is -1.12. The first-order valence-electron chi connectivity index (χ1n) is 12.2. The van der Waals surface area contributed by atoms with Crippen LogP contribution < -0.4 is 14.2 Å². The van der Waals surface area contributed by atoms with Crippen molar-refractivity contribution in [1.82, 2.24) is 9.21 Å². The Morgan fingerprint density at radius 3 is 2.34 bits per heavy atom. The third-order valence-electron chi connectivity index (χ3n) is 7.01. The summed E-state index contributed by atoms with van der Waals surface area (Å²) in [5.41, 5.74) is 0. The number of Topliss-reactive ketones (excluding diaryl/α,β-unsaturated/α-hetero) is 1. The third kappa shape index (κ3) is 5.73. The van der Waals surface area contributed by atoms with E-state index in [4.69, 9.17) is 37.4 Å². The van der Waals surface area contributed by atoms with Crippen molar-refractivity contribution in [3.63, 3.8) is 0 Å². The Hall–Kier alpha value is -2.53. The number of hydrogen-bond donors (Lipinski definition) is 0. The Morgan fingerprint density at radius 2 is 1.71 bits per heavy atom. The minimum absolute atomic E-state index is 0.104. The zero-order valence-electron chi connectivity index (χ0n) is 21.4. The van der Waals surface area contributed by atoms with Gasteiger partial charge in [-0.25, -0.2) is 8.42 Å². The fraction of sp³-hybridized carbons (Fsp3) is 0.462. The van der Waals surface area contributed by atoms with Crippen molar-refractivity contribution in [1.29, 1.82) is 0 Å². The van der Waals surface area contributed by atoms with Crippen molar-refractivity contribution >= 4 is 44.9 Å². The van der Waals surface area contributed by atoms with Crippen LogP contribution in [0.2, 0.25) is 10.0 Å². The van der Waals surface area contributed by atoms with Gasteiger partial charge in [-0.05, 0) is 56.5 Å². The molecule has 2 heterocycles. The molecule has 2 aliphatic rings. The van der Waals surface area contributed by atoms with Gasteiger partial charge >= 0.3 is 0 Å². The Kier molecular flexibility index (Phi) is 8.76. The fourth-order valence-electron chi connectivity index (χ4n) is 5.20. The molecule has 2 aromatic carbocycles. The van der Waals surface area contributed by atoms with E-state index in [1.165, 1.54) is 48.5 Å². The topological polar surface area (TPSA) is 102 Å². The quantitative estimate of drug-likeness (QED) is 0.438. The van der Waals surface area contributed by atoms with Gasteiger partial charge in [0, 0.05) is 28.7 Å². The highest BCUT2D eigenvalue weighted by molar-refractivity contribution is 7.89. The fourth-order valence-corrected chi connectivity index (χ4v) is 7.79. The molecule has 3 atom stereocenters. The SMILES string of the molecule is COc1ccc(OCCN2C[C@H](C(C)=O)C3CCCC(C2=O)N3S(=O)(=O)c2cc(Cl)cc(Cl)c2)cc1OC. The Bertz CT molecular complexity index is 1300. The summed E-state index contributed by atoms with van der Waals surface area (Å²) in [4.78, 5) is 28.0. The normalized spacial score (nSPS) is 22.1. The Balaban J connectivity index is 1.61. The molecule has 2 unspecified atom stereocenters. The number of benzene rings is 2. The first-order valence-corrected chi connectivity index (χ1v) is 14.4. The number of carbonyl (C=O) groups excluding carboxylic acids is 2. The van der Waals surface area contributed by atoms with E-state index >= 15 is 0 Å². The van der Waals surface area contributed by atoms with Gasteiger partial charge in [-0.15, -0.1) is 0 Å². The minimum Gasteiger partial charge on any atom is -0.493 e. The van der Waals surface area contributed by atoms with Crippen LogP contribution in [0.15, 0.2) is 41.3 Å². The molecule has 38 heavy (non-hydrogen) atoms. The summed E-state index contributed by atoms with van der Waals surface area (Å²) in [6, 6.07) is 7.58. The number of ketones is 1. The molecule has 2 bridgehead atoms. The van der Waals surface area contributed by atoms with E-state index in [-0.39, 0.29) is 46.3 Å². The van der Waals surface area contributed by atoms with E-state index in [9.17, 15) is 18.0 Å². The minimum atomic E-state index is -4.18. The van der Waals surface area contributed by atoms with Gasteiger partial charge in [0.1, 0.15) is 24.2 Å². The molecule has 2 aromatic rings. The molecule has 9 nitrogen and oxygen atoms in total. The lowest BCUT2D eigenvalue weighted by molar-refractivity contribution is -0.135. The highest BCUT2D eigenvalue weighted by Crippen LogP contribution is 2.38. The molecule has 2 saturated heterocycles. The molecule has 0 N–H and O–H groups in total. The maximum absolute atomic E-state index is 13.9. The van der Waals surface area contributed by atoms with Gasteiger partial charge < -0.3 is 19.1 Å². The van der Waals surface area contributed by atoms with Crippen LogP contribution in [0.4, 0.5) is 0 Å². The van der Waals surface area contributed by atoms with Gasteiger partial charge in [-0.1, -0.05) is 23.2 Å². The molecule has 12 heteroatoms. The molecule has 2 aliphatic heterocycles. The second-order valence-electron chi connectivity index (χ2n) is 9.32. The molecule has 206 valence electrons. The highest BCUT2D eigenvalue weighted by atomic mass is 35.5. The average Bonchev–Trinajstić information content (AvgIpc) is 2.95. The summed E-state index contributed by atoms with van der Waals surface area (Å²) in [5, 5.41) is 0.332. The van der Waals surface area contributed by atoms with Crippen molar-refractivity contribution in [2.24, 2.45) is 5.92 Å². The molecule has 0 radical (unpaired) electrons. The van der Waals surface area contributed by atoms with E-state index in [0.29, 0.717) is 36.5 Å². The number of halogens is 2. The molecule has 0 saturated carbocycles. The molecular weight excluding hydrogens is 555 g/mol. The van der Waals surface area contributed by atoms with Crippen LogP contribution >= 0.6 is 23.2 Å². The maximum atomic E-state index is 13.9. The molecule has 2 fully saturated rings. The number of nitrogens with zero attached hydrogens (tertiary/aromatic N) is 2. The van der Waals surface area contributed by atoms with Gasteiger partial charge in [0.25, 0.3) is 0 Å². The lowest BCUT2D eigenvalue weighted by Crippen LogP contribution is -2.55. The van der Waals surface area contributed by atoms with E-state index in [2.05, 4.69) is 0 Å². The van der Waals surface area contributed by atoms with Crippen molar-refractivity contribution in [2.45, 2.75) is 43.2 Å². The van der Waals surface area contributed by atoms with Crippen LogP contribution in [-0.4, -0.2) is 75.3 Å². The number of ether oxygens (including phenoxy) is 3. The van der Waals surface area contributed by atoms with E-state index in [1.54, 1.807) is 18.2 Å². The van der Waals surface area contributed by atoms with Crippen molar-refractivity contribution in [3.8, 4) is 17.2 Å². The van der Waals surface area contributed by atoms with Gasteiger partial charge in [-0.3, -0.25) is 9.59 Å². The number of methoxy groups -OCH3 is 2. The van der Waals surface area contributed by atoms with Crippen LogP contribution in [0, 0.1) is 5.92 Å². The van der Waals surface area contributed by atoms with Crippen molar-refractivity contribution < 1.29 is 32.2 Å². The standard InChI is InChI=1S/C26H30Cl2N2O7S/c1-16(31)21-15-29(9-10-37-19-7-8-24(35-2)25(14-19)36-3)26(32)23-6-4-5-22(21)30(23)38(33,34)20-12-17(27)11-18(28)13-20/h7-8,11-14,21-23H,4-6,9-10,15H2,1-3H3/t21-,22?,23?/m1/s1. The predicted octanol–water partition coefficient (Wildman–Crippen LogP) is 4.05. The Morgan fingerprint density at radius 1 is 1.03 bits per heavy atom. The second-order valence-corrected chi connectivity index (χ2v) is 12.0. The first-order chi connectivity index (χ1) is 18.1. The smallest absolute Gasteiger partial charge is 0.244 e. The molecule has 4 rings (SSSR count). The number of carbonyl (C=O) groups is 2. The predicted molar refractivity (Wildman–Crippen MR) is 143 cm³/mol.